The Kier molecular flexibility index (Phi) is 4.29. The van der Waals surface area contributed by atoms with Crippen LogP contribution in [0.1, 0.15) is 16.1 Å². The van der Waals surface area contributed by atoms with E-state index >= 15 is 0 Å². The molecule has 0 spiro atoms. The Labute approximate surface area is 123 Å². The van der Waals surface area contributed by atoms with Crippen molar-refractivity contribution >= 4 is 23.2 Å². The van der Waals surface area contributed by atoms with E-state index < -0.39 is 0 Å². The summed E-state index contributed by atoms with van der Waals surface area (Å²) in [5.41, 5.74) is 2.40. The lowest BCUT2D eigenvalue weighted by Crippen LogP contribution is -2.22. The van der Waals surface area contributed by atoms with Gasteiger partial charge in [0.15, 0.2) is 0 Å². The van der Waals surface area contributed by atoms with Crippen molar-refractivity contribution in [3.8, 4) is 0 Å². The smallest absolute Gasteiger partial charge is 0.254 e. The average molecular weight is 293 g/mol. The number of anilines is 1. The molecule has 2 rings (SSSR count). The molecular formula is C14H17ClN4O. The Morgan fingerprint density at radius 1 is 1.45 bits per heavy atom. The fourth-order valence-electron chi connectivity index (χ4n) is 1.79. The molecule has 5 nitrogen and oxygen atoms in total. The van der Waals surface area contributed by atoms with Crippen molar-refractivity contribution in [1.82, 2.24) is 14.5 Å². The van der Waals surface area contributed by atoms with Crippen molar-refractivity contribution in [2.24, 2.45) is 7.05 Å². The monoisotopic (exact) mass is 292 g/mol. The minimum absolute atomic E-state index is 0.112. The molecule has 0 bridgehead atoms. The molecule has 1 N–H and O–H groups in total. The molecule has 1 aromatic carbocycles. The third kappa shape index (κ3) is 3.11. The number of nitrogens with one attached hydrogen (secondary N) is 1. The number of carbonyl (C=O) groups excluding carboxylic acids is 1. The third-order valence-electron chi connectivity index (χ3n) is 2.99. The van der Waals surface area contributed by atoms with Gasteiger partial charge >= 0.3 is 0 Å². The maximum absolute atomic E-state index is 12.0. The molecule has 0 radical (unpaired) electrons. The van der Waals surface area contributed by atoms with Gasteiger partial charge in [0.1, 0.15) is 0 Å². The molecule has 106 valence electrons. The maximum Gasteiger partial charge on any atom is 0.254 e. The molecule has 0 saturated heterocycles. The van der Waals surface area contributed by atoms with Crippen molar-refractivity contribution < 1.29 is 4.79 Å². The van der Waals surface area contributed by atoms with Crippen molar-refractivity contribution in [2.45, 2.75) is 6.54 Å². The molecule has 2 aromatic rings. The number of benzene rings is 1. The number of halogens is 1. The van der Waals surface area contributed by atoms with Crippen LogP contribution < -0.4 is 5.32 Å². The maximum atomic E-state index is 12.0. The van der Waals surface area contributed by atoms with Crippen molar-refractivity contribution in [2.75, 3.05) is 19.4 Å². The van der Waals surface area contributed by atoms with Gasteiger partial charge in [0.2, 0.25) is 0 Å². The van der Waals surface area contributed by atoms with Crippen molar-refractivity contribution in [3.63, 3.8) is 0 Å². The van der Waals surface area contributed by atoms with Crippen LogP contribution >= 0.6 is 11.6 Å². The first-order valence-corrected chi connectivity index (χ1v) is 6.57. The molecular weight excluding hydrogens is 276 g/mol. The van der Waals surface area contributed by atoms with Crippen LogP contribution in [0.25, 0.3) is 0 Å². The van der Waals surface area contributed by atoms with E-state index in [2.05, 4.69) is 10.3 Å². The lowest BCUT2D eigenvalue weighted by atomic mass is 10.1. The van der Waals surface area contributed by atoms with Crippen molar-refractivity contribution in [1.29, 1.82) is 0 Å². The Balaban J connectivity index is 2.15. The summed E-state index contributed by atoms with van der Waals surface area (Å²) < 4.78 is 1.94. The Bertz CT molecular complexity index is 621. The lowest BCUT2D eigenvalue weighted by molar-refractivity contribution is 0.0828. The largest absolute Gasteiger partial charge is 0.379 e. The van der Waals surface area contributed by atoms with Gasteiger partial charge < -0.3 is 14.8 Å². The zero-order chi connectivity index (χ0) is 14.7. The molecule has 0 aliphatic heterocycles. The SMILES string of the molecule is CN(C)C(=O)c1cc(NCc2cncn2C)ccc1Cl. The summed E-state index contributed by atoms with van der Waals surface area (Å²) in [6.45, 7) is 0.633. The molecule has 0 aliphatic rings. The average Bonchev–Trinajstić information content (AvgIpc) is 2.82. The van der Waals surface area contributed by atoms with Gasteiger partial charge in [-0.25, -0.2) is 4.98 Å². The van der Waals surface area contributed by atoms with E-state index in [-0.39, 0.29) is 5.91 Å². The molecule has 0 atom stereocenters. The van der Waals surface area contributed by atoms with Crippen molar-refractivity contribution in [3.05, 3.63) is 47.0 Å². The first kappa shape index (κ1) is 14.4. The van der Waals surface area contributed by atoms with Crippen LogP contribution in [0.4, 0.5) is 5.69 Å². The summed E-state index contributed by atoms with van der Waals surface area (Å²) >= 11 is 6.07. The minimum atomic E-state index is -0.112. The Morgan fingerprint density at radius 2 is 2.20 bits per heavy atom. The zero-order valence-electron chi connectivity index (χ0n) is 11.7. The Morgan fingerprint density at radius 3 is 2.80 bits per heavy atom. The summed E-state index contributed by atoms with van der Waals surface area (Å²) in [4.78, 5) is 17.6. The molecule has 0 saturated carbocycles. The normalized spacial score (nSPS) is 10.4. The minimum Gasteiger partial charge on any atom is -0.379 e. The van der Waals surface area contributed by atoms with Crippen LogP contribution in [-0.2, 0) is 13.6 Å². The molecule has 1 amide bonds. The number of amides is 1. The number of nitrogens with zero attached hydrogens (tertiary/aromatic N) is 3. The number of aryl methyl sites for hydroxylation is 1. The van der Waals surface area contributed by atoms with E-state index in [1.54, 1.807) is 38.8 Å². The van der Waals surface area contributed by atoms with Crippen LogP contribution in [0.2, 0.25) is 5.02 Å². The van der Waals surface area contributed by atoms with Gasteiger partial charge in [0.25, 0.3) is 5.91 Å². The van der Waals surface area contributed by atoms with E-state index in [0.29, 0.717) is 17.1 Å². The number of rotatable bonds is 4. The van der Waals surface area contributed by atoms with E-state index in [4.69, 9.17) is 11.6 Å². The highest BCUT2D eigenvalue weighted by Gasteiger charge is 2.13. The van der Waals surface area contributed by atoms with Gasteiger partial charge in [0, 0.05) is 33.0 Å². The summed E-state index contributed by atoms with van der Waals surface area (Å²) in [6, 6.07) is 5.34. The number of imidazole rings is 1. The second-order valence-corrected chi connectivity index (χ2v) is 5.15. The fraction of sp³-hybridized carbons (Fsp3) is 0.286. The molecule has 20 heavy (non-hydrogen) atoms. The summed E-state index contributed by atoms with van der Waals surface area (Å²) in [6.07, 6.45) is 3.55. The highest BCUT2D eigenvalue weighted by molar-refractivity contribution is 6.34. The van der Waals surface area contributed by atoms with Crippen LogP contribution in [0.3, 0.4) is 0 Å². The number of aromatic nitrogens is 2. The predicted octanol–water partition coefficient (Wildman–Crippen LogP) is 2.39. The molecule has 6 heteroatoms. The van der Waals surface area contributed by atoms with Crippen LogP contribution in [-0.4, -0.2) is 34.5 Å². The first-order valence-electron chi connectivity index (χ1n) is 6.19. The van der Waals surface area contributed by atoms with Gasteiger partial charge in [-0.2, -0.15) is 0 Å². The van der Waals surface area contributed by atoms with Crippen LogP contribution in [0, 0.1) is 0 Å². The highest BCUT2D eigenvalue weighted by atomic mass is 35.5. The van der Waals surface area contributed by atoms with E-state index in [1.807, 2.05) is 17.7 Å². The quantitative estimate of drug-likeness (QED) is 0.941. The van der Waals surface area contributed by atoms with Gasteiger partial charge in [-0.1, -0.05) is 11.6 Å². The molecule has 0 unspecified atom stereocenters. The Hall–Kier alpha value is -2.01. The fourth-order valence-corrected chi connectivity index (χ4v) is 1.99. The number of hydrogen-bond donors (Lipinski definition) is 1. The molecule has 0 aliphatic carbocycles. The zero-order valence-corrected chi connectivity index (χ0v) is 12.5. The summed E-state index contributed by atoms with van der Waals surface area (Å²) in [7, 11) is 5.34. The number of hydrogen-bond acceptors (Lipinski definition) is 3. The third-order valence-corrected chi connectivity index (χ3v) is 3.32. The molecule has 1 aromatic heterocycles. The highest BCUT2D eigenvalue weighted by Crippen LogP contribution is 2.22. The lowest BCUT2D eigenvalue weighted by Gasteiger charge is -2.13. The second-order valence-electron chi connectivity index (χ2n) is 4.74. The summed E-state index contributed by atoms with van der Waals surface area (Å²) in [5, 5.41) is 3.71. The van der Waals surface area contributed by atoms with E-state index in [9.17, 15) is 4.79 Å². The standard InChI is InChI=1S/C14H17ClN4O/c1-18(2)14(20)12-6-10(4-5-13(12)15)17-8-11-7-16-9-19(11)3/h4-7,9,17H,8H2,1-3H3. The topological polar surface area (TPSA) is 50.2 Å². The molecule has 1 heterocycles. The first-order chi connectivity index (χ1) is 9.49. The summed E-state index contributed by atoms with van der Waals surface area (Å²) in [5.74, 6) is -0.112. The number of carbonyl (C=O) groups is 1. The van der Waals surface area contributed by atoms with Crippen LogP contribution in [0.5, 0.6) is 0 Å². The predicted molar refractivity (Wildman–Crippen MR) is 80.0 cm³/mol. The van der Waals surface area contributed by atoms with E-state index in [0.717, 1.165) is 11.4 Å². The van der Waals surface area contributed by atoms with Gasteiger partial charge in [0.05, 0.1) is 29.2 Å². The van der Waals surface area contributed by atoms with Gasteiger partial charge in [-0.15, -0.1) is 0 Å². The second kappa shape index (κ2) is 5.96. The van der Waals surface area contributed by atoms with Crippen LogP contribution in [0.15, 0.2) is 30.7 Å². The van der Waals surface area contributed by atoms with E-state index in [1.165, 1.54) is 4.90 Å². The molecule has 0 fully saturated rings. The van der Waals surface area contributed by atoms with Gasteiger partial charge in [-0.3, -0.25) is 4.79 Å². The van der Waals surface area contributed by atoms with Gasteiger partial charge in [-0.05, 0) is 18.2 Å².